The highest BCUT2D eigenvalue weighted by atomic mass is 32.2. The largest absolute Gasteiger partial charge is 0.374 e. The molecule has 0 aliphatic heterocycles. The van der Waals surface area contributed by atoms with E-state index in [1.807, 2.05) is 6.26 Å². The summed E-state index contributed by atoms with van der Waals surface area (Å²) in [5, 5.41) is 0. The molecule has 1 heterocycles. The molecule has 0 amide bonds. The molecule has 0 unspecified atom stereocenters. The normalized spacial score (nSPS) is 10.9. The van der Waals surface area contributed by atoms with Gasteiger partial charge in [0.25, 0.3) is 5.56 Å². The number of rotatable bonds is 7. The van der Waals surface area contributed by atoms with E-state index in [1.54, 1.807) is 13.0 Å². The Morgan fingerprint density at radius 2 is 2.04 bits per heavy atom. The van der Waals surface area contributed by atoms with Crippen LogP contribution in [0.4, 0.5) is 8.78 Å². The van der Waals surface area contributed by atoms with Crippen molar-refractivity contribution in [2.24, 2.45) is 7.05 Å². The van der Waals surface area contributed by atoms with Crippen molar-refractivity contribution >= 4 is 17.5 Å². The summed E-state index contributed by atoms with van der Waals surface area (Å²) in [5.41, 5.74) is -0.718. The first-order chi connectivity index (χ1) is 11.9. The van der Waals surface area contributed by atoms with Gasteiger partial charge in [0.2, 0.25) is 0 Å². The first kappa shape index (κ1) is 19.3. The second-order valence-electron chi connectivity index (χ2n) is 5.45. The maximum Gasteiger partial charge on any atom is 0.286 e. The van der Waals surface area contributed by atoms with E-state index in [0.29, 0.717) is 6.61 Å². The first-order valence-corrected chi connectivity index (χ1v) is 8.92. The smallest absolute Gasteiger partial charge is 0.286 e. The number of benzene rings is 1. The second-order valence-corrected chi connectivity index (χ2v) is 6.33. The number of nitrogens with zero attached hydrogens (tertiary/aromatic N) is 1. The Hall–Kier alpha value is -1.99. The zero-order valence-electron chi connectivity index (χ0n) is 14.3. The summed E-state index contributed by atoms with van der Waals surface area (Å²) < 4.78 is 34.8. The minimum Gasteiger partial charge on any atom is -0.374 e. The quantitative estimate of drug-likeness (QED) is 0.557. The summed E-state index contributed by atoms with van der Waals surface area (Å²) in [6.07, 6.45) is 2.91. The number of aromatic nitrogens is 1. The van der Waals surface area contributed by atoms with E-state index in [1.165, 1.54) is 37.1 Å². The van der Waals surface area contributed by atoms with Crippen LogP contribution in [0.5, 0.6) is 0 Å². The van der Waals surface area contributed by atoms with Crippen LogP contribution < -0.4 is 5.56 Å². The highest BCUT2D eigenvalue weighted by molar-refractivity contribution is 7.98. The van der Waals surface area contributed by atoms with Crippen LogP contribution in [0.3, 0.4) is 0 Å². The van der Waals surface area contributed by atoms with Crippen LogP contribution in [0.25, 0.3) is 0 Å². The molecule has 4 nitrogen and oxygen atoms in total. The van der Waals surface area contributed by atoms with E-state index < -0.39 is 23.0 Å². The molecule has 0 spiro atoms. The molecule has 2 aromatic rings. The fourth-order valence-electron chi connectivity index (χ4n) is 2.41. The average Bonchev–Trinajstić information content (AvgIpc) is 2.61. The van der Waals surface area contributed by atoms with Crippen molar-refractivity contribution in [2.45, 2.75) is 18.2 Å². The molecule has 25 heavy (non-hydrogen) atoms. The third-order valence-electron chi connectivity index (χ3n) is 3.79. The minimum atomic E-state index is -1.04. The Morgan fingerprint density at radius 1 is 1.32 bits per heavy atom. The van der Waals surface area contributed by atoms with Crippen LogP contribution in [-0.4, -0.2) is 29.8 Å². The molecule has 0 aliphatic carbocycles. The van der Waals surface area contributed by atoms with E-state index in [-0.39, 0.29) is 29.7 Å². The molecule has 0 fully saturated rings. The van der Waals surface area contributed by atoms with Crippen molar-refractivity contribution in [1.82, 2.24) is 4.57 Å². The van der Waals surface area contributed by atoms with Crippen molar-refractivity contribution in [1.29, 1.82) is 0 Å². The van der Waals surface area contributed by atoms with E-state index in [0.717, 1.165) is 9.46 Å². The van der Waals surface area contributed by atoms with Crippen LogP contribution in [0, 0.1) is 11.6 Å². The SMILES string of the molecule is CCOCC(=O)c1cn(C)c(=O)c(F)c1Cc1ccc(SC)cc1F. The summed E-state index contributed by atoms with van der Waals surface area (Å²) in [4.78, 5) is 24.9. The van der Waals surface area contributed by atoms with Gasteiger partial charge < -0.3 is 9.30 Å². The summed E-state index contributed by atoms with van der Waals surface area (Å²) in [7, 11) is 1.36. The van der Waals surface area contributed by atoms with E-state index in [4.69, 9.17) is 4.74 Å². The summed E-state index contributed by atoms with van der Waals surface area (Å²) >= 11 is 1.38. The fraction of sp³-hybridized carbons (Fsp3) is 0.333. The Labute approximate surface area is 148 Å². The Bertz CT molecular complexity index is 849. The van der Waals surface area contributed by atoms with Crippen molar-refractivity contribution in [3.8, 4) is 0 Å². The van der Waals surface area contributed by atoms with Gasteiger partial charge in [-0.1, -0.05) is 6.07 Å². The molecular formula is C18H19F2NO3S. The molecule has 0 bridgehead atoms. The minimum absolute atomic E-state index is 0.0291. The number of halogens is 2. The van der Waals surface area contributed by atoms with Gasteiger partial charge in [-0.05, 0) is 30.9 Å². The first-order valence-electron chi connectivity index (χ1n) is 7.70. The van der Waals surface area contributed by atoms with Crippen molar-refractivity contribution in [2.75, 3.05) is 19.5 Å². The van der Waals surface area contributed by atoms with Crippen LogP contribution >= 0.6 is 11.8 Å². The van der Waals surface area contributed by atoms with Gasteiger partial charge in [0.15, 0.2) is 11.6 Å². The standard InChI is InChI=1S/C18H19F2NO3S/c1-4-24-10-16(22)14-9-21(2)18(23)17(20)13(14)7-11-5-6-12(25-3)8-15(11)19/h5-6,8-9H,4,7,10H2,1-3H3. The van der Waals surface area contributed by atoms with Gasteiger partial charge in [-0.3, -0.25) is 9.59 Å². The lowest BCUT2D eigenvalue weighted by atomic mass is 9.98. The van der Waals surface area contributed by atoms with Gasteiger partial charge >= 0.3 is 0 Å². The van der Waals surface area contributed by atoms with Gasteiger partial charge in [-0.2, -0.15) is 0 Å². The highest BCUT2D eigenvalue weighted by Gasteiger charge is 2.21. The Morgan fingerprint density at radius 3 is 2.64 bits per heavy atom. The highest BCUT2D eigenvalue weighted by Crippen LogP contribution is 2.22. The van der Waals surface area contributed by atoms with Gasteiger partial charge in [0.05, 0.1) is 0 Å². The van der Waals surface area contributed by atoms with Crippen LogP contribution in [0.15, 0.2) is 34.1 Å². The maximum absolute atomic E-state index is 14.5. The molecule has 0 aliphatic rings. The number of aryl methyl sites for hydroxylation is 1. The topological polar surface area (TPSA) is 48.3 Å². The molecule has 0 N–H and O–H groups in total. The molecule has 0 atom stereocenters. The van der Waals surface area contributed by atoms with Crippen LogP contribution in [0.2, 0.25) is 0 Å². The summed E-state index contributed by atoms with van der Waals surface area (Å²) in [5.74, 6) is -2.00. The third-order valence-corrected chi connectivity index (χ3v) is 4.51. The number of ketones is 1. The van der Waals surface area contributed by atoms with E-state index in [2.05, 4.69) is 0 Å². The van der Waals surface area contributed by atoms with Gasteiger partial charge in [0, 0.05) is 42.3 Å². The van der Waals surface area contributed by atoms with Crippen molar-refractivity contribution < 1.29 is 18.3 Å². The van der Waals surface area contributed by atoms with Gasteiger partial charge in [-0.25, -0.2) is 8.78 Å². The average molecular weight is 367 g/mol. The van der Waals surface area contributed by atoms with E-state index >= 15 is 0 Å². The number of hydrogen-bond acceptors (Lipinski definition) is 4. The number of Topliss-reactive ketones (excluding diaryl/α,β-unsaturated/α-hetero) is 1. The molecule has 1 aromatic heterocycles. The van der Waals surface area contributed by atoms with E-state index in [9.17, 15) is 18.4 Å². The molecule has 0 radical (unpaired) electrons. The van der Waals surface area contributed by atoms with Gasteiger partial charge in [0.1, 0.15) is 12.4 Å². The predicted molar refractivity (Wildman–Crippen MR) is 93.5 cm³/mol. The number of pyridine rings is 1. The second kappa shape index (κ2) is 8.40. The van der Waals surface area contributed by atoms with Crippen LogP contribution in [0.1, 0.15) is 28.4 Å². The number of hydrogen-bond donors (Lipinski definition) is 0. The molecular weight excluding hydrogens is 348 g/mol. The van der Waals surface area contributed by atoms with Crippen molar-refractivity contribution in [3.63, 3.8) is 0 Å². The lowest BCUT2D eigenvalue weighted by molar-refractivity contribution is 0.0781. The number of carbonyl (C=O) groups is 1. The molecule has 1 aromatic carbocycles. The summed E-state index contributed by atoms with van der Waals surface area (Å²) in [6, 6.07) is 4.60. The fourth-order valence-corrected chi connectivity index (χ4v) is 2.83. The molecule has 7 heteroatoms. The lowest BCUT2D eigenvalue weighted by Gasteiger charge is -2.13. The zero-order chi connectivity index (χ0) is 18.6. The van der Waals surface area contributed by atoms with Crippen molar-refractivity contribution in [3.05, 3.63) is 63.1 Å². The van der Waals surface area contributed by atoms with Gasteiger partial charge in [-0.15, -0.1) is 11.8 Å². The lowest BCUT2D eigenvalue weighted by Crippen LogP contribution is -2.26. The third kappa shape index (κ3) is 4.35. The maximum atomic E-state index is 14.5. The van der Waals surface area contributed by atoms with Crippen LogP contribution in [-0.2, 0) is 18.2 Å². The Balaban J connectivity index is 2.50. The molecule has 2 rings (SSSR count). The summed E-state index contributed by atoms with van der Waals surface area (Å²) in [6.45, 7) is 1.84. The number of ether oxygens (including phenoxy) is 1. The predicted octanol–water partition coefficient (Wildman–Crippen LogP) is 3.20. The Kier molecular flexibility index (Phi) is 6.50. The monoisotopic (exact) mass is 367 g/mol. The molecule has 0 saturated heterocycles. The molecule has 134 valence electrons. The number of thioether (sulfide) groups is 1. The molecule has 0 saturated carbocycles. The number of carbonyl (C=O) groups excluding carboxylic acids is 1. The zero-order valence-corrected chi connectivity index (χ0v) is 15.1.